The van der Waals surface area contributed by atoms with Gasteiger partial charge in [0.15, 0.2) is 0 Å². The van der Waals surface area contributed by atoms with Crippen LogP contribution in [0.15, 0.2) is 48.5 Å². The number of nitrogens with one attached hydrogen (secondary N) is 1. The highest BCUT2D eigenvalue weighted by Gasteiger charge is 2.34. The van der Waals surface area contributed by atoms with Crippen molar-refractivity contribution in [2.75, 3.05) is 11.4 Å². The maximum Gasteiger partial charge on any atom is 0.254 e. The van der Waals surface area contributed by atoms with Crippen LogP contribution < -0.4 is 10.2 Å². The molecule has 5 heteroatoms. The van der Waals surface area contributed by atoms with Gasteiger partial charge in [0.25, 0.3) is 5.91 Å². The van der Waals surface area contributed by atoms with Crippen LogP contribution in [0.25, 0.3) is 0 Å². The Hall–Kier alpha value is -2.69. The molecule has 0 saturated carbocycles. The third-order valence-corrected chi connectivity index (χ3v) is 3.97. The highest BCUT2D eigenvalue weighted by atomic mass is 19.1. The van der Waals surface area contributed by atoms with E-state index in [0.717, 1.165) is 11.3 Å². The Bertz CT molecular complexity index is 743. The van der Waals surface area contributed by atoms with Crippen LogP contribution >= 0.6 is 0 Å². The third-order valence-electron chi connectivity index (χ3n) is 3.97. The zero-order valence-corrected chi connectivity index (χ0v) is 12.8. The van der Waals surface area contributed by atoms with Gasteiger partial charge >= 0.3 is 0 Å². The summed E-state index contributed by atoms with van der Waals surface area (Å²) in [7, 11) is 0. The summed E-state index contributed by atoms with van der Waals surface area (Å²) >= 11 is 0. The molecule has 1 N–H and O–H groups in total. The third kappa shape index (κ3) is 3.08. The van der Waals surface area contributed by atoms with Gasteiger partial charge in [0, 0.05) is 12.2 Å². The van der Waals surface area contributed by atoms with Crippen LogP contribution in [0.4, 0.5) is 10.1 Å². The van der Waals surface area contributed by atoms with E-state index in [0.29, 0.717) is 13.0 Å². The fourth-order valence-corrected chi connectivity index (χ4v) is 2.68. The van der Waals surface area contributed by atoms with E-state index in [1.54, 1.807) is 11.0 Å². The summed E-state index contributed by atoms with van der Waals surface area (Å²) in [5.41, 5.74) is 1.88. The molecule has 2 aromatic carbocycles. The SMILES string of the molecule is Cc1ccc(N2CC[C@H](NC(=O)c3ccccc3F)C2=O)cc1. The number of hydrogen-bond acceptors (Lipinski definition) is 2. The first-order chi connectivity index (χ1) is 11.1. The second kappa shape index (κ2) is 6.20. The molecule has 0 aromatic heterocycles. The number of benzene rings is 2. The Labute approximate surface area is 133 Å². The van der Waals surface area contributed by atoms with E-state index in [-0.39, 0.29) is 11.5 Å². The van der Waals surface area contributed by atoms with Crippen molar-refractivity contribution in [3.63, 3.8) is 0 Å². The summed E-state index contributed by atoms with van der Waals surface area (Å²) in [6, 6.07) is 12.8. The predicted octanol–water partition coefficient (Wildman–Crippen LogP) is 2.67. The smallest absolute Gasteiger partial charge is 0.254 e. The van der Waals surface area contributed by atoms with E-state index in [4.69, 9.17) is 0 Å². The molecule has 3 rings (SSSR count). The zero-order valence-electron chi connectivity index (χ0n) is 12.8. The fourth-order valence-electron chi connectivity index (χ4n) is 2.68. The van der Waals surface area contributed by atoms with Crippen molar-refractivity contribution < 1.29 is 14.0 Å². The van der Waals surface area contributed by atoms with Crippen LogP contribution in [0, 0.1) is 12.7 Å². The Morgan fingerprint density at radius 1 is 1.17 bits per heavy atom. The minimum absolute atomic E-state index is 0.0471. The molecule has 4 nitrogen and oxygen atoms in total. The minimum Gasteiger partial charge on any atom is -0.340 e. The molecule has 0 spiro atoms. The Morgan fingerprint density at radius 3 is 2.57 bits per heavy atom. The fraction of sp³-hybridized carbons (Fsp3) is 0.222. The molecule has 2 amide bonds. The molecule has 2 aromatic rings. The molecule has 1 heterocycles. The van der Waals surface area contributed by atoms with Gasteiger partial charge in [-0.25, -0.2) is 4.39 Å². The number of hydrogen-bond donors (Lipinski definition) is 1. The van der Waals surface area contributed by atoms with E-state index in [1.165, 1.54) is 18.2 Å². The topological polar surface area (TPSA) is 49.4 Å². The summed E-state index contributed by atoms with van der Waals surface area (Å²) < 4.78 is 13.6. The number of aryl methyl sites for hydroxylation is 1. The van der Waals surface area contributed by atoms with Gasteiger partial charge in [-0.2, -0.15) is 0 Å². The van der Waals surface area contributed by atoms with Gasteiger partial charge in [-0.1, -0.05) is 29.8 Å². The van der Waals surface area contributed by atoms with Crippen molar-refractivity contribution in [3.8, 4) is 0 Å². The molecule has 1 atom stereocenters. The lowest BCUT2D eigenvalue weighted by Crippen LogP contribution is -2.41. The summed E-state index contributed by atoms with van der Waals surface area (Å²) in [6.07, 6.45) is 0.507. The highest BCUT2D eigenvalue weighted by molar-refractivity contribution is 6.03. The highest BCUT2D eigenvalue weighted by Crippen LogP contribution is 2.22. The van der Waals surface area contributed by atoms with Crippen molar-refractivity contribution >= 4 is 17.5 Å². The molecule has 1 aliphatic heterocycles. The number of amides is 2. The predicted molar refractivity (Wildman–Crippen MR) is 85.8 cm³/mol. The van der Waals surface area contributed by atoms with Crippen molar-refractivity contribution in [1.82, 2.24) is 5.32 Å². The summed E-state index contributed by atoms with van der Waals surface area (Å²) in [5, 5.41) is 2.63. The summed E-state index contributed by atoms with van der Waals surface area (Å²) in [4.78, 5) is 26.2. The van der Waals surface area contributed by atoms with Crippen LogP contribution in [0.3, 0.4) is 0 Å². The lowest BCUT2D eigenvalue weighted by molar-refractivity contribution is -0.118. The van der Waals surface area contributed by atoms with E-state index in [2.05, 4.69) is 5.32 Å². The first-order valence-electron chi connectivity index (χ1n) is 7.49. The lowest BCUT2D eigenvalue weighted by atomic mass is 10.1. The van der Waals surface area contributed by atoms with Crippen LogP contribution in [0.2, 0.25) is 0 Å². The van der Waals surface area contributed by atoms with Gasteiger partial charge in [0.05, 0.1) is 5.56 Å². The second-order valence-corrected chi connectivity index (χ2v) is 5.62. The summed E-state index contributed by atoms with van der Waals surface area (Å²) in [6.45, 7) is 2.51. The maximum atomic E-state index is 13.6. The summed E-state index contributed by atoms with van der Waals surface area (Å²) in [5.74, 6) is -1.32. The number of rotatable bonds is 3. The molecular formula is C18H17FN2O2. The molecule has 0 radical (unpaired) electrons. The normalized spacial score (nSPS) is 17.4. The molecule has 1 fully saturated rings. The van der Waals surface area contributed by atoms with Gasteiger partial charge in [-0.3, -0.25) is 9.59 Å². The molecular weight excluding hydrogens is 295 g/mol. The van der Waals surface area contributed by atoms with E-state index < -0.39 is 17.8 Å². The minimum atomic E-state index is -0.622. The molecule has 1 saturated heterocycles. The molecule has 1 aliphatic rings. The average Bonchev–Trinajstić information content (AvgIpc) is 2.89. The Balaban J connectivity index is 1.71. The standard InChI is InChI=1S/C18H17FN2O2/c1-12-6-8-13(9-7-12)21-11-10-16(18(21)23)20-17(22)14-4-2-3-5-15(14)19/h2-9,16H,10-11H2,1H3,(H,20,22)/t16-/m0/s1. The lowest BCUT2D eigenvalue weighted by Gasteiger charge is -2.17. The Morgan fingerprint density at radius 2 is 1.87 bits per heavy atom. The van der Waals surface area contributed by atoms with Gasteiger partial charge < -0.3 is 10.2 Å². The van der Waals surface area contributed by atoms with Gasteiger partial charge in [0.1, 0.15) is 11.9 Å². The molecule has 23 heavy (non-hydrogen) atoms. The van der Waals surface area contributed by atoms with Crippen molar-refractivity contribution in [2.45, 2.75) is 19.4 Å². The van der Waals surface area contributed by atoms with Crippen molar-refractivity contribution in [2.24, 2.45) is 0 Å². The number of anilines is 1. The van der Waals surface area contributed by atoms with E-state index >= 15 is 0 Å². The van der Waals surface area contributed by atoms with Crippen LogP contribution in [-0.4, -0.2) is 24.4 Å². The quantitative estimate of drug-likeness (QED) is 0.947. The number of halogens is 1. The zero-order chi connectivity index (χ0) is 16.4. The monoisotopic (exact) mass is 312 g/mol. The second-order valence-electron chi connectivity index (χ2n) is 5.62. The van der Waals surface area contributed by atoms with Crippen molar-refractivity contribution in [1.29, 1.82) is 0 Å². The van der Waals surface area contributed by atoms with Crippen LogP contribution in [-0.2, 0) is 4.79 Å². The van der Waals surface area contributed by atoms with Gasteiger partial charge in [-0.05, 0) is 37.6 Å². The van der Waals surface area contributed by atoms with E-state index in [9.17, 15) is 14.0 Å². The number of carbonyl (C=O) groups excluding carboxylic acids is 2. The first kappa shape index (κ1) is 15.2. The molecule has 0 bridgehead atoms. The van der Waals surface area contributed by atoms with Crippen LogP contribution in [0.5, 0.6) is 0 Å². The Kier molecular flexibility index (Phi) is 4.10. The van der Waals surface area contributed by atoms with Crippen molar-refractivity contribution in [3.05, 3.63) is 65.5 Å². The van der Waals surface area contributed by atoms with Crippen LogP contribution in [0.1, 0.15) is 22.3 Å². The number of carbonyl (C=O) groups is 2. The van der Waals surface area contributed by atoms with Gasteiger partial charge in [-0.15, -0.1) is 0 Å². The molecule has 118 valence electrons. The first-order valence-corrected chi connectivity index (χ1v) is 7.49. The maximum absolute atomic E-state index is 13.6. The molecule has 0 aliphatic carbocycles. The number of nitrogens with zero attached hydrogens (tertiary/aromatic N) is 1. The largest absolute Gasteiger partial charge is 0.340 e. The average molecular weight is 312 g/mol. The van der Waals surface area contributed by atoms with E-state index in [1.807, 2.05) is 31.2 Å². The van der Waals surface area contributed by atoms with Gasteiger partial charge in [0.2, 0.25) is 5.91 Å². The molecule has 0 unspecified atom stereocenters.